The molecular weight excluding hydrogens is 418 g/mol. The molecule has 5 nitrogen and oxygen atoms in total. The summed E-state index contributed by atoms with van der Waals surface area (Å²) in [5.41, 5.74) is 3.66. The highest BCUT2D eigenvalue weighted by atomic mass is 32.2. The van der Waals surface area contributed by atoms with Gasteiger partial charge in [0.2, 0.25) is 5.91 Å². The molecule has 0 aliphatic carbocycles. The number of nitrogens with one attached hydrogen (secondary N) is 1. The lowest BCUT2D eigenvalue weighted by Gasteiger charge is -2.19. The van der Waals surface area contributed by atoms with Crippen LogP contribution in [0.4, 0.5) is 5.69 Å². The average Bonchev–Trinajstić information content (AvgIpc) is 2.83. The number of benzene rings is 3. The molecule has 0 unspecified atom stereocenters. The van der Waals surface area contributed by atoms with E-state index in [1.807, 2.05) is 85.1 Å². The number of pyridine rings is 1. The maximum absolute atomic E-state index is 13.4. The number of nitrogens with zero attached hydrogens (tertiary/aromatic N) is 2. The molecular formula is C26H23N3O2S. The van der Waals surface area contributed by atoms with Gasteiger partial charge >= 0.3 is 0 Å². The van der Waals surface area contributed by atoms with Crippen LogP contribution in [0.3, 0.4) is 0 Å². The van der Waals surface area contributed by atoms with Crippen LogP contribution in [0.5, 0.6) is 0 Å². The molecule has 1 aromatic heterocycles. The summed E-state index contributed by atoms with van der Waals surface area (Å²) in [5, 5.41) is 3.67. The zero-order valence-corrected chi connectivity index (χ0v) is 18.7. The lowest BCUT2D eigenvalue weighted by Crippen LogP contribution is -2.35. The van der Waals surface area contributed by atoms with E-state index in [9.17, 15) is 9.59 Å². The summed E-state index contributed by atoms with van der Waals surface area (Å²) in [4.78, 5) is 33.2. The van der Waals surface area contributed by atoms with Gasteiger partial charge in [-0.3, -0.25) is 9.59 Å². The number of hydrogen-bond acceptors (Lipinski definition) is 4. The Labute approximate surface area is 191 Å². The van der Waals surface area contributed by atoms with Gasteiger partial charge in [-0.2, -0.15) is 0 Å². The van der Waals surface area contributed by atoms with E-state index in [4.69, 9.17) is 4.98 Å². The van der Waals surface area contributed by atoms with Crippen molar-refractivity contribution in [3.8, 4) is 11.3 Å². The van der Waals surface area contributed by atoms with Gasteiger partial charge in [0.1, 0.15) is 0 Å². The molecule has 0 saturated heterocycles. The maximum atomic E-state index is 13.4. The molecule has 1 N–H and O–H groups in total. The van der Waals surface area contributed by atoms with Crippen LogP contribution in [0.15, 0.2) is 89.8 Å². The van der Waals surface area contributed by atoms with Crippen molar-refractivity contribution < 1.29 is 9.59 Å². The molecule has 0 bridgehead atoms. The van der Waals surface area contributed by atoms with Crippen molar-refractivity contribution in [3.63, 3.8) is 0 Å². The zero-order chi connectivity index (χ0) is 22.5. The van der Waals surface area contributed by atoms with Gasteiger partial charge in [-0.1, -0.05) is 60.7 Å². The standard InChI is InChI=1S/C26H23N3O2S/c1-29(17-25(30)28-22-14-8-9-15-24(22)32-2)26(31)20-16-23(18-10-4-3-5-11-18)27-21-13-7-6-12-19(20)21/h3-16H,17H2,1-2H3,(H,28,30). The van der Waals surface area contributed by atoms with Crippen LogP contribution in [0.2, 0.25) is 0 Å². The number of likely N-dealkylation sites (N-methyl/N-ethyl adjacent to an activating group) is 1. The minimum Gasteiger partial charge on any atom is -0.332 e. The summed E-state index contributed by atoms with van der Waals surface area (Å²) in [6, 6.07) is 26.7. The Morgan fingerprint density at radius 2 is 1.62 bits per heavy atom. The number of thioether (sulfide) groups is 1. The van der Waals surface area contributed by atoms with Gasteiger partial charge in [0.15, 0.2) is 0 Å². The van der Waals surface area contributed by atoms with Crippen LogP contribution in [0, 0.1) is 0 Å². The largest absolute Gasteiger partial charge is 0.332 e. The summed E-state index contributed by atoms with van der Waals surface area (Å²) in [7, 11) is 1.64. The third-order valence-corrected chi connectivity index (χ3v) is 5.92. The molecule has 0 aliphatic heterocycles. The van der Waals surface area contributed by atoms with E-state index >= 15 is 0 Å². The summed E-state index contributed by atoms with van der Waals surface area (Å²) in [5.74, 6) is -0.474. The Hall–Kier alpha value is -3.64. The number of carbonyl (C=O) groups excluding carboxylic acids is 2. The molecule has 3 aromatic carbocycles. The van der Waals surface area contributed by atoms with Gasteiger partial charge in [-0.15, -0.1) is 11.8 Å². The van der Waals surface area contributed by atoms with E-state index in [0.29, 0.717) is 5.56 Å². The Balaban J connectivity index is 1.60. The zero-order valence-electron chi connectivity index (χ0n) is 17.9. The molecule has 6 heteroatoms. The normalized spacial score (nSPS) is 10.7. The van der Waals surface area contributed by atoms with Crippen molar-refractivity contribution in [2.75, 3.05) is 25.2 Å². The van der Waals surface area contributed by atoms with E-state index < -0.39 is 0 Å². The maximum Gasteiger partial charge on any atom is 0.254 e. The lowest BCUT2D eigenvalue weighted by molar-refractivity contribution is -0.116. The quantitative estimate of drug-likeness (QED) is 0.411. The van der Waals surface area contributed by atoms with E-state index in [1.54, 1.807) is 24.9 Å². The minimum absolute atomic E-state index is 0.0567. The van der Waals surface area contributed by atoms with Gasteiger partial charge in [0.05, 0.1) is 29.0 Å². The molecule has 1 heterocycles. The van der Waals surface area contributed by atoms with E-state index in [-0.39, 0.29) is 18.4 Å². The van der Waals surface area contributed by atoms with Crippen LogP contribution < -0.4 is 5.32 Å². The molecule has 0 spiro atoms. The molecule has 0 aliphatic rings. The summed E-state index contributed by atoms with van der Waals surface area (Å²) < 4.78 is 0. The first kappa shape index (κ1) is 21.6. The van der Waals surface area contributed by atoms with E-state index in [2.05, 4.69) is 5.32 Å². The summed E-state index contributed by atoms with van der Waals surface area (Å²) in [6.07, 6.45) is 1.96. The second-order valence-corrected chi connectivity index (χ2v) is 8.20. The fourth-order valence-corrected chi connectivity index (χ4v) is 4.09. The fraction of sp³-hybridized carbons (Fsp3) is 0.115. The third-order valence-electron chi connectivity index (χ3n) is 5.12. The summed E-state index contributed by atoms with van der Waals surface area (Å²) in [6.45, 7) is -0.0567. The smallest absolute Gasteiger partial charge is 0.254 e. The van der Waals surface area contributed by atoms with Crippen LogP contribution in [0.25, 0.3) is 22.2 Å². The van der Waals surface area contributed by atoms with Crippen LogP contribution in [-0.2, 0) is 4.79 Å². The third kappa shape index (κ3) is 4.65. The highest BCUT2D eigenvalue weighted by Gasteiger charge is 2.19. The van der Waals surface area contributed by atoms with E-state index in [1.165, 1.54) is 4.90 Å². The number of fused-ring (bicyclic) bond motifs is 1. The number of anilines is 1. The molecule has 0 atom stereocenters. The van der Waals surface area contributed by atoms with Crippen molar-refractivity contribution in [2.24, 2.45) is 0 Å². The molecule has 2 amide bonds. The Morgan fingerprint density at radius 1 is 0.938 bits per heavy atom. The van der Waals surface area contributed by atoms with Crippen molar-refractivity contribution in [2.45, 2.75) is 4.90 Å². The van der Waals surface area contributed by atoms with Crippen molar-refractivity contribution in [3.05, 3.63) is 90.5 Å². The van der Waals surface area contributed by atoms with Gasteiger partial charge in [-0.05, 0) is 30.5 Å². The molecule has 0 fully saturated rings. The second-order valence-electron chi connectivity index (χ2n) is 7.35. The van der Waals surface area contributed by atoms with Crippen LogP contribution in [0.1, 0.15) is 10.4 Å². The number of hydrogen-bond donors (Lipinski definition) is 1. The first-order valence-corrected chi connectivity index (χ1v) is 11.4. The van der Waals surface area contributed by atoms with Gasteiger partial charge in [0.25, 0.3) is 5.91 Å². The SMILES string of the molecule is CSc1ccccc1NC(=O)CN(C)C(=O)c1cc(-c2ccccc2)nc2ccccc12. The van der Waals surface area contributed by atoms with Gasteiger partial charge in [0, 0.05) is 22.9 Å². The van der Waals surface area contributed by atoms with E-state index in [0.717, 1.165) is 32.7 Å². The highest BCUT2D eigenvalue weighted by molar-refractivity contribution is 7.98. The predicted octanol–water partition coefficient (Wildman–Crippen LogP) is 5.33. The predicted molar refractivity (Wildman–Crippen MR) is 131 cm³/mol. The van der Waals surface area contributed by atoms with Crippen molar-refractivity contribution in [1.29, 1.82) is 0 Å². The first-order chi connectivity index (χ1) is 15.6. The first-order valence-electron chi connectivity index (χ1n) is 10.2. The number of aromatic nitrogens is 1. The lowest BCUT2D eigenvalue weighted by atomic mass is 10.0. The fourth-order valence-electron chi connectivity index (χ4n) is 3.54. The highest BCUT2D eigenvalue weighted by Crippen LogP contribution is 2.26. The van der Waals surface area contributed by atoms with Crippen LogP contribution in [-0.4, -0.2) is 41.5 Å². The Morgan fingerprint density at radius 3 is 2.41 bits per heavy atom. The summed E-state index contributed by atoms with van der Waals surface area (Å²) >= 11 is 1.56. The minimum atomic E-state index is -0.246. The average molecular weight is 442 g/mol. The van der Waals surface area contributed by atoms with Crippen molar-refractivity contribution in [1.82, 2.24) is 9.88 Å². The van der Waals surface area contributed by atoms with Crippen LogP contribution >= 0.6 is 11.8 Å². The molecule has 0 radical (unpaired) electrons. The van der Waals surface area contributed by atoms with Crippen molar-refractivity contribution >= 4 is 40.2 Å². The molecule has 4 rings (SSSR count). The molecule has 160 valence electrons. The number of para-hydroxylation sites is 2. The topological polar surface area (TPSA) is 62.3 Å². The molecule has 32 heavy (non-hydrogen) atoms. The number of amides is 2. The molecule has 0 saturated carbocycles. The van der Waals surface area contributed by atoms with Gasteiger partial charge in [-0.25, -0.2) is 4.98 Å². The number of carbonyl (C=O) groups is 2. The molecule has 4 aromatic rings. The number of rotatable bonds is 6. The Kier molecular flexibility index (Phi) is 6.52. The Bertz CT molecular complexity index is 1270. The monoisotopic (exact) mass is 441 g/mol. The van der Waals surface area contributed by atoms with Gasteiger partial charge < -0.3 is 10.2 Å². The second kappa shape index (κ2) is 9.66.